The van der Waals surface area contributed by atoms with Crippen molar-refractivity contribution in [3.63, 3.8) is 0 Å². The van der Waals surface area contributed by atoms with E-state index in [1.807, 2.05) is 11.8 Å². The minimum atomic E-state index is 0.0752. The zero-order valence-electron chi connectivity index (χ0n) is 16.1. The Balaban J connectivity index is 1.51. The Morgan fingerprint density at radius 2 is 2.27 bits per heavy atom. The first kappa shape index (κ1) is 17.7. The number of nitrogens with zero attached hydrogens (tertiary/aromatic N) is 1. The number of hydrogen-bond acceptors (Lipinski definition) is 4. The molecule has 4 atom stereocenters. The van der Waals surface area contributed by atoms with Gasteiger partial charge in [-0.15, -0.1) is 0 Å². The summed E-state index contributed by atoms with van der Waals surface area (Å²) in [5.41, 5.74) is 8.32. The molecule has 1 aromatic carbocycles. The molecule has 5 nitrogen and oxygen atoms in total. The van der Waals surface area contributed by atoms with Crippen molar-refractivity contribution in [2.75, 3.05) is 26.2 Å². The van der Waals surface area contributed by atoms with E-state index in [4.69, 9.17) is 15.2 Å². The maximum atomic E-state index is 13.0. The van der Waals surface area contributed by atoms with Gasteiger partial charge in [0.05, 0.1) is 6.61 Å². The van der Waals surface area contributed by atoms with Gasteiger partial charge in [-0.3, -0.25) is 4.79 Å². The van der Waals surface area contributed by atoms with Crippen LogP contribution in [0.5, 0.6) is 11.5 Å². The lowest BCUT2D eigenvalue weighted by atomic mass is 9.90. The van der Waals surface area contributed by atoms with Crippen molar-refractivity contribution in [3.05, 3.63) is 23.3 Å². The number of carbonyl (C=O) groups excluding carboxylic acids is 1. The highest BCUT2D eigenvalue weighted by atomic mass is 16.5. The second-order valence-electron chi connectivity index (χ2n) is 8.54. The second-order valence-corrected chi connectivity index (χ2v) is 8.54. The smallest absolute Gasteiger partial charge is 0.226 e. The average molecular weight is 358 g/mol. The summed E-state index contributed by atoms with van der Waals surface area (Å²) in [6.45, 7) is 9.16. The molecular formula is C21H30N2O3. The fourth-order valence-electron chi connectivity index (χ4n) is 4.45. The summed E-state index contributed by atoms with van der Waals surface area (Å²) >= 11 is 0. The van der Waals surface area contributed by atoms with Crippen LogP contribution in [0.3, 0.4) is 0 Å². The summed E-state index contributed by atoms with van der Waals surface area (Å²) in [6, 6.07) is 4.24. The van der Waals surface area contributed by atoms with Crippen molar-refractivity contribution in [2.24, 2.45) is 17.1 Å². The van der Waals surface area contributed by atoms with E-state index >= 15 is 0 Å². The van der Waals surface area contributed by atoms with E-state index in [-0.39, 0.29) is 29.3 Å². The molecule has 3 aliphatic rings. The highest BCUT2D eigenvalue weighted by molar-refractivity contribution is 5.83. The Morgan fingerprint density at radius 3 is 2.96 bits per heavy atom. The molecule has 0 bridgehead atoms. The Labute approximate surface area is 155 Å². The van der Waals surface area contributed by atoms with Crippen LogP contribution in [-0.2, 0) is 11.2 Å². The second kappa shape index (κ2) is 6.45. The maximum absolute atomic E-state index is 13.0. The van der Waals surface area contributed by atoms with Crippen LogP contribution in [0, 0.1) is 11.3 Å². The summed E-state index contributed by atoms with van der Waals surface area (Å²) in [5.74, 6) is 2.50. The third-order valence-electron chi connectivity index (χ3n) is 6.20. The molecule has 0 aromatic heterocycles. The first-order valence-corrected chi connectivity index (χ1v) is 9.89. The van der Waals surface area contributed by atoms with Gasteiger partial charge < -0.3 is 20.1 Å². The molecule has 5 heteroatoms. The molecule has 4 rings (SSSR count). The van der Waals surface area contributed by atoms with E-state index in [9.17, 15) is 4.79 Å². The SMILES string of the molecule is CCOc1cc2c(cc1C1CC1C(=O)N1CCC(C)(CN)C1)OC(C)C2. The third-order valence-corrected chi connectivity index (χ3v) is 6.20. The highest BCUT2D eigenvalue weighted by Gasteiger charge is 2.49. The molecule has 2 fully saturated rings. The highest BCUT2D eigenvalue weighted by Crippen LogP contribution is 2.53. The molecule has 1 saturated heterocycles. The number of fused-ring (bicyclic) bond motifs is 1. The summed E-state index contributed by atoms with van der Waals surface area (Å²) < 4.78 is 11.8. The van der Waals surface area contributed by atoms with Crippen molar-refractivity contribution < 1.29 is 14.3 Å². The van der Waals surface area contributed by atoms with Crippen LogP contribution in [0.1, 0.15) is 50.7 Å². The molecule has 1 aliphatic carbocycles. The lowest BCUT2D eigenvalue weighted by Crippen LogP contribution is -2.35. The van der Waals surface area contributed by atoms with E-state index in [1.54, 1.807) is 0 Å². The molecule has 2 heterocycles. The fourth-order valence-corrected chi connectivity index (χ4v) is 4.45. The van der Waals surface area contributed by atoms with E-state index in [2.05, 4.69) is 26.0 Å². The molecule has 26 heavy (non-hydrogen) atoms. The van der Waals surface area contributed by atoms with Crippen molar-refractivity contribution >= 4 is 5.91 Å². The Morgan fingerprint density at radius 1 is 1.46 bits per heavy atom. The quantitative estimate of drug-likeness (QED) is 0.879. The molecule has 1 saturated carbocycles. The number of nitrogens with two attached hydrogens (primary N) is 1. The number of carbonyl (C=O) groups is 1. The normalized spacial score (nSPS) is 32.3. The van der Waals surface area contributed by atoms with Crippen molar-refractivity contribution in [1.82, 2.24) is 4.90 Å². The predicted octanol–water partition coefficient (Wildman–Crippen LogP) is 2.71. The van der Waals surface area contributed by atoms with Gasteiger partial charge in [0, 0.05) is 42.5 Å². The molecule has 1 amide bonds. The van der Waals surface area contributed by atoms with Gasteiger partial charge in [-0.05, 0) is 50.8 Å². The van der Waals surface area contributed by atoms with Crippen molar-refractivity contribution in [2.45, 2.75) is 52.1 Å². The van der Waals surface area contributed by atoms with Crippen LogP contribution in [-0.4, -0.2) is 43.2 Å². The lowest BCUT2D eigenvalue weighted by molar-refractivity contribution is -0.132. The predicted molar refractivity (Wildman–Crippen MR) is 101 cm³/mol. The minimum Gasteiger partial charge on any atom is -0.494 e. The molecule has 2 N–H and O–H groups in total. The molecule has 1 aromatic rings. The topological polar surface area (TPSA) is 64.8 Å². The standard InChI is InChI=1S/C21H30N2O3/c1-4-25-19-8-14-7-13(2)26-18(14)10-16(19)15-9-17(15)20(24)23-6-5-21(3,11-22)12-23/h8,10,13,15,17H,4-7,9,11-12,22H2,1-3H3. The Hall–Kier alpha value is -1.75. The van der Waals surface area contributed by atoms with Crippen LogP contribution < -0.4 is 15.2 Å². The number of amides is 1. The zero-order valence-corrected chi connectivity index (χ0v) is 16.1. The number of ether oxygens (including phenoxy) is 2. The van der Waals surface area contributed by atoms with E-state index in [0.717, 1.165) is 49.4 Å². The number of benzene rings is 1. The molecule has 142 valence electrons. The van der Waals surface area contributed by atoms with Crippen molar-refractivity contribution in [1.29, 1.82) is 0 Å². The van der Waals surface area contributed by atoms with Gasteiger partial charge >= 0.3 is 0 Å². The number of hydrogen-bond donors (Lipinski definition) is 1. The summed E-state index contributed by atoms with van der Waals surface area (Å²) in [5, 5.41) is 0. The maximum Gasteiger partial charge on any atom is 0.226 e. The first-order valence-electron chi connectivity index (χ1n) is 9.89. The summed E-state index contributed by atoms with van der Waals surface area (Å²) in [4.78, 5) is 15.0. The van der Waals surface area contributed by atoms with Crippen LogP contribution in [0.4, 0.5) is 0 Å². The largest absolute Gasteiger partial charge is 0.494 e. The fraction of sp³-hybridized carbons (Fsp3) is 0.667. The van der Waals surface area contributed by atoms with Gasteiger partial charge in [-0.25, -0.2) is 0 Å². The molecule has 4 unspecified atom stereocenters. The van der Waals surface area contributed by atoms with Gasteiger partial charge in [0.15, 0.2) is 0 Å². The van der Waals surface area contributed by atoms with Gasteiger partial charge in [0.2, 0.25) is 5.91 Å². The summed E-state index contributed by atoms with van der Waals surface area (Å²) in [7, 11) is 0. The van der Waals surface area contributed by atoms with E-state index < -0.39 is 0 Å². The lowest BCUT2D eigenvalue weighted by Gasteiger charge is -2.22. The van der Waals surface area contributed by atoms with E-state index in [0.29, 0.717) is 13.2 Å². The third kappa shape index (κ3) is 3.07. The zero-order chi connectivity index (χ0) is 18.5. The van der Waals surface area contributed by atoms with Gasteiger partial charge in [0.1, 0.15) is 17.6 Å². The van der Waals surface area contributed by atoms with Crippen LogP contribution in [0.25, 0.3) is 0 Å². The Bertz CT molecular complexity index is 719. The van der Waals surface area contributed by atoms with Crippen LogP contribution >= 0.6 is 0 Å². The van der Waals surface area contributed by atoms with Gasteiger partial charge in [-0.1, -0.05) is 6.92 Å². The van der Waals surface area contributed by atoms with E-state index in [1.165, 1.54) is 5.56 Å². The summed E-state index contributed by atoms with van der Waals surface area (Å²) in [6.07, 6.45) is 3.04. The minimum absolute atomic E-state index is 0.0752. The molecule has 2 aliphatic heterocycles. The molecule has 0 radical (unpaired) electrons. The molecular weight excluding hydrogens is 328 g/mol. The number of rotatable bonds is 5. The monoisotopic (exact) mass is 358 g/mol. The average Bonchev–Trinajstić information content (AvgIpc) is 3.18. The number of likely N-dealkylation sites (tertiary alicyclic amines) is 1. The Kier molecular flexibility index (Phi) is 4.38. The van der Waals surface area contributed by atoms with Gasteiger partial charge in [-0.2, -0.15) is 0 Å². The van der Waals surface area contributed by atoms with Crippen molar-refractivity contribution in [3.8, 4) is 11.5 Å². The van der Waals surface area contributed by atoms with Crippen LogP contribution in [0.15, 0.2) is 12.1 Å². The van der Waals surface area contributed by atoms with Crippen LogP contribution in [0.2, 0.25) is 0 Å². The van der Waals surface area contributed by atoms with Gasteiger partial charge in [0.25, 0.3) is 0 Å². The first-order chi connectivity index (χ1) is 12.4. The molecule has 0 spiro atoms.